The molecule has 1 aromatic carbocycles. The Labute approximate surface area is 130 Å². The summed E-state index contributed by atoms with van der Waals surface area (Å²) in [5, 5.41) is 0.607. The molecular formula is C14H13ClF2N2OS. The van der Waals surface area contributed by atoms with Gasteiger partial charge in [0.25, 0.3) is 0 Å². The molecule has 21 heavy (non-hydrogen) atoms. The van der Waals surface area contributed by atoms with Crippen LogP contribution in [0.2, 0.25) is 5.15 Å². The van der Waals surface area contributed by atoms with E-state index >= 15 is 0 Å². The molecule has 3 nitrogen and oxygen atoms in total. The van der Waals surface area contributed by atoms with Gasteiger partial charge in [0.15, 0.2) is 16.8 Å². The van der Waals surface area contributed by atoms with E-state index in [1.807, 2.05) is 6.92 Å². The van der Waals surface area contributed by atoms with E-state index in [2.05, 4.69) is 9.97 Å². The number of aromatic nitrogens is 2. The number of hydrogen-bond acceptors (Lipinski definition) is 4. The Balaban J connectivity index is 2.09. The fourth-order valence-electron chi connectivity index (χ4n) is 1.52. The second kappa shape index (κ2) is 7.56. The third-order valence-corrected chi connectivity index (χ3v) is 3.58. The molecule has 112 valence electrons. The van der Waals surface area contributed by atoms with Crippen LogP contribution in [0.5, 0.6) is 5.88 Å². The van der Waals surface area contributed by atoms with E-state index in [9.17, 15) is 8.78 Å². The highest BCUT2D eigenvalue weighted by molar-refractivity contribution is 7.98. The number of ether oxygens (including phenoxy) is 1. The molecule has 0 N–H and O–H groups in total. The molecule has 0 saturated heterocycles. The summed E-state index contributed by atoms with van der Waals surface area (Å²) in [6.07, 6.45) is 0.846. The fraction of sp³-hybridized carbons (Fsp3) is 0.286. The van der Waals surface area contributed by atoms with Crippen LogP contribution in [-0.2, 0) is 5.75 Å². The molecule has 0 fully saturated rings. The zero-order valence-corrected chi connectivity index (χ0v) is 12.8. The van der Waals surface area contributed by atoms with Crippen molar-refractivity contribution in [3.8, 4) is 5.88 Å². The van der Waals surface area contributed by atoms with Gasteiger partial charge in [0.1, 0.15) is 5.15 Å². The Morgan fingerprint density at radius 1 is 1.29 bits per heavy atom. The summed E-state index contributed by atoms with van der Waals surface area (Å²) in [4.78, 5) is 8.20. The molecule has 0 atom stereocenters. The lowest BCUT2D eigenvalue weighted by atomic mass is 10.2. The average Bonchev–Trinajstić information content (AvgIpc) is 2.46. The Bertz CT molecular complexity index is 628. The number of thioether (sulfide) groups is 1. The topological polar surface area (TPSA) is 35.0 Å². The Kier molecular flexibility index (Phi) is 5.76. The minimum atomic E-state index is -0.868. The van der Waals surface area contributed by atoms with Crippen molar-refractivity contribution in [1.29, 1.82) is 0 Å². The van der Waals surface area contributed by atoms with Crippen LogP contribution in [-0.4, -0.2) is 16.6 Å². The van der Waals surface area contributed by atoms with Crippen LogP contribution in [0.3, 0.4) is 0 Å². The monoisotopic (exact) mass is 330 g/mol. The zero-order valence-electron chi connectivity index (χ0n) is 11.3. The maximum Gasteiger partial charge on any atom is 0.218 e. The van der Waals surface area contributed by atoms with Gasteiger partial charge in [0, 0.05) is 17.4 Å². The van der Waals surface area contributed by atoms with Crippen molar-refractivity contribution in [2.75, 3.05) is 6.61 Å². The van der Waals surface area contributed by atoms with Crippen molar-refractivity contribution in [3.63, 3.8) is 0 Å². The van der Waals surface area contributed by atoms with Gasteiger partial charge in [-0.25, -0.2) is 13.8 Å². The molecule has 2 aromatic rings. The second-order valence-electron chi connectivity index (χ2n) is 4.16. The van der Waals surface area contributed by atoms with Crippen molar-refractivity contribution in [2.45, 2.75) is 24.3 Å². The normalized spacial score (nSPS) is 10.7. The van der Waals surface area contributed by atoms with Crippen molar-refractivity contribution >= 4 is 23.4 Å². The van der Waals surface area contributed by atoms with Crippen molar-refractivity contribution in [3.05, 3.63) is 46.6 Å². The summed E-state index contributed by atoms with van der Waals surface area (Å²) in [5.74, 6) is -1.14. The van der Waals surface area contributed by atoms with Gasteiger partial charge in [-0.15, -0.1) is 0 Å². The van der Waals surface area contributed by atoms with Gasteiger partial charge in [-0.1, -0.05) is 42.4 Å². The van der Waals surface area contributed by atoms with Gasteiger partial charge in [0.05, 0.1) is 6.61 Å². The molecular weight excluding hydrogens is 318 g/mol. The third-order valence-electron chi connectivity index (χ3n) is 2.49. The van der Waals surface area contributed by atoms with Crippen LogP contribution in [0.15, 0.2) is 29.4 Å². The van der Waals surface area contributed by atoms with Crippen LogP contribution in [0.1, 0.15) is 18.9 Å². The van der Waals surface area contributed by atoms with Crippen molar-refractivity contribution in [1.82, 2.24) is 9.97 Å². The first kappa shape index (κ1) is 16.0. The van der Waals surface area contributed by atoms with Crippen LogP contribution in [0.4, 0.5) is 8.78 Å². The molecule has 0 saturated carbocycles. The average molecular weight is 331 g/mol. The molecule has 2 rings (SSSR count). The molecule has 0 amide bonds. The van der Waals surface area contributed by atoms with Gasteiger partial charge in [-0.05, 0) is 12.5 Å². The molecule has 0 bridgehead atoms. The second-order valence-corrected chi connectivity index (χ2v) is 5.49. The fourth-order valence-corrected chi connectivity index (χ4v) is 2.57. The van der Waals surface area contributed by atoms with E-state index in [0.29, 0.717) is 17.6 Å². The molecule has 1 aromatic heterocycles. The molecule has 0 radical (unpaired) electrons. The van der Waals surface area contributed by atoms with Crippen molar-refractivity contribution in [2.24, 2.45) is 0 Å². The summed E-state index contributed by atoms with van der Waals surface area (Å²) in [7, 11) is 0. The maximum absolute atomic E-state index is 13.5. The highest BCUT2D eigenvalue weighted by Gasteiger charge is 2.10. The van der Waals surface area contributed by atoms with E-state index in [0.717, 1.165) is 24.2 Å². The van der Waals surface area contributed by atoms with Gasteiger partial charge >= 0.3 is 0 Å². The molecule has 1 heterocycles. The summed E-state index contributed by atoms with van der Waals surface area (Å²) in [6, 6.07) is 5.58. The maximum atomic E-state index is 13.5. The highest BCUT2D eigenvalue weighted by Crippen LogP contribution is 2.25. The van der Waals surface area contributed by atoms with E-state index in [-0.39, 0.29) is 16.5 Å². The number of rotatable bonds is 6. The smallest absolute Gasteiger partial charge is 0.218 e. The lowest BCUT2D eigenvalue weighted by Crippen LogP contribution is -2.00. The first-order valence-electron chi connectivity index (χ1n) is 6.33. The largest absolute Gasteiger partial charge is 0.478 e. The molecule has 0 aliphatic carbocycles. The summed E-state index contributed by atoms with van der Waals surface area (Å²) in [5.41, 5.74) is 0.250. The van der Waals surface area contributed by atoms with Gasteiger partial charge < -0.3 is 4.74 Å². The van der Waals surface area contributed by atoms with Gasteiger partial charge in [-0.3, -0.25) is 0 Å². The van der Waals surface area contributed by atoms with E-state index < -0.39 is 11.6 Å². The van der Waals surface area contributed by atoms with E-state index in [1.54, 1.807) is 0 Å². The van der Waals surface area contributed by atoms with Crippen LogP contribution in [0.25, 0.3) is 0 Å². The predicted molar refractivity (Wildman–Crippen MR) is 78.7 cm³/mol. The molecule has 0 unspecified atom stereocenters. The third kappa shape index (κ3) is 4.54. The summed E-state index contributed by atoms with van der Waals surface area (Å²) in [6.45, 7) is 2.50. The van der Waals surface area contributed by atoms with Crippen molar-refractivity contribution < 1.29 is 13.5 Å². The van der Waals surface area contributed by atoms with Crippen LogP contribution < -0.4 is 4.74 Å². The predicted octanol–water partition coefficient (Wildman–Crippen LogP) is 4.49. The number of hydrogen-bond donors (Lipinski definition) is 0. The van der Waals surface area contributed by atoms with E-state index in [1.165, 1.54) is 18.2 Å². The molecule has 0 spiro atoms. The number of benzene rings is 1. The number of nitrogens with zero attached hydrogens (tertiary/aromatic N) is 2. The molecule has 7 heteroatoms. The Hall–Kier alpha value is -1.40. The highest BCUT2D eigenvalue weighted by atomic mass is 35.5. The minimum absolute atomic E-state index is 0.206. The molecule has 0 aliphatic rings. The minimum Gasteiger partial charge on any atom is -0.478 e. The first-order valence-corrected chi connectivity index (χ1v) is 7.69. The lowest BCUT2D eigenvalue weighted by Gasteiger charge is -2.07. The Morgan fingerprint density at radius 3 is 2.86 bits per heavy atom. The standard InChI is InChI=1S/C14H13ClF2N2OS/c1-2-6-20-12-7-11(15)18-14(19-12)21-8-9-4-3-5-10(16)13(9)17/h3-5,7H,2,6,8H2,1H3. The Morgan fingerprint density at radius 2 is 2.10 bits per heavy atom. The van der Waals surface area contributed by atoms with Crippen LogP contribution >= 0.6 is 23.4 Å². The first-order chi connectivity index (χ1) is 10.1. The number of halogens is 3. The van der Waals surface area contributed by atoms with E-state index in [4.69, 9.17) is 16.3 Å². The molecule has 0 aliphatic heterocycles. The van der Waals surface area contributed by atoms with Gasteiger partial charge in [-0.2, -0.15) is 4.98 Å². The lowest BCUT2D eigenvalue weighted by molar-refractivity contribution is 0.302. The summed E-state index contributed by atoms with van der Waals surface area (Å²) >= 11 is 7.05. The zero-order chi connectivity index (χ0) is 15.2. The SMILES string of the molecule is CCCOc1cc(Cl)nc(SCc2cccc(F)c2F)n1. The summed E-state index contributed by atoms with van der Waals surface area (Å²) < 4.78 is 32.1. The van der Waals surface area contributed by atoms with Gasteiger partial charge in [0.2, 0.25) is 5.88 Å². The van der Waals surface area contributed by atoms with Crippen LogP contribution in [0, 0.1) is 11.6 Å². The quantitative estimate of drug-likeness (QED) is 0.444.